The van der Waals surface area contributed by atoms with E-state index >= 15 is 0 Å². The molecule has 0 aromatic carbocycles. The van der Waals surface area contributed by atoms with Gasteiger partial charge in [0.25, 0.3) is 0 Å². The molecule has 0 bridgehead atoms. The van der Waals surface area contributed by atoms with Crippen LogP contribution in [-0.2, 0) is 19.1 Å². The van der Waals surface area contributed by atoms with Crippen molar-refractivity contribution in [3.63, 3.8) is 0 Å². The highest BCUT2D eigenvalue weighted by molar-refractivity contribution is 5.92. The monoisotopic (exact) mass is 404 g/mol. The quantitative estimate of drug-likeness (QED) is 0.701. The molecule has 0 amide bonds. The Hall–Kier alpha value is -1.53. The molecule has 0 saturated heterocycles. The first kappa shape index (κ1) is 20.7. The molecule has 3 fully saturated rings. The molecule has 0 unspecified atom stereocenters. The van der Waals surface area contributed by atoms with Gasteiger partial charge in [0.1, 0.15) is 6.61 Å². The second kappa shape index (κ2) is 6.74. The number of allylic oxidation sites excluding steroid dienone is 1. The number of fused-ring (bicyclic) bond motifs is 5. The van der Waals surface area contributed by atoms with Gasteiger partial charge in [0.05, 0.1) is 6.10 Å². The Balaban J connectivity index is 1.76. The van der Waals surface area contributed by atoms with E-state index < -0.39 is 35.5 Å². The van der Waals surface area contributed by atoms with Crippen LogP contribution in [0.15, 0.2) is 11.6 Å². The molecule has 6 heteroatoms. The zero-order chi connectivity index (χ0) is 21.2. The standard InChI is InChI=1S/C23H32O6/c1-13(25)29-23(19(28)12-24)9-7-17-16-5-4-14-10-15(26)6-8-21(14,2)20(16)18(27)11-22(17,23)3/h10,16-18,20,24,27H,4-9,11-12H2,1-3H3/t16-,17-,18+,20+,21-,22-,23-/m0/s1. The van der Waals surface area contributed by atoms with Gasteiger partial charge in [-0.05, 0) is 67.8 Å². The maximum Gasteiger partial charge on any atom is 0.303 e. The number of ether oxygens (including phenoxy) is 1. The summed E-state index contributed by atoms with van der Waals surface area (Å²) in [5.74, 6) is -0.462. The number of hydrogen-bond donors (Lipinski definition) is 2. The number of rotatable bonds is 3. The van der Waals surface area contributed by atoms with Crippen LogP contribution in [0.5, 0.6) is 0 Å². The molecule has 160 valence electrons. The summed E-state index contributed by atoms with van der Waals surface area (Å²) in [6.07, 6.45) is 5.59. The fraction of sp³-hybridized carbons (Fsp3) is 0.783. The molecule has 0 aliphatic heterocycles. The molecule has 0 aromatic rings. The smallest absolute Gasteiger partial charge is 0.303 e. The average Bonchev–Trinajstić information content (AvgIpc) is 2.93. The van der Waals surface area contributed by atoms with E-state index in [0.29, 0.717) is 19.3 Å². The first-order chi connectivity index (χ1) is 13.6. The SMILES string of the molecule is CC(=O)O[C@]1(C(=O)CO)CC[C@H]2[C@@H]3CCC4=CC(=O)CC[C@]4(C)[C@H]3[C@H](O)C[C@@]21C. The molecule has 0 heterocycles. The third-order valence-electron chi connectivity index (χ3n) is 8.93. The zero-order valence-corrected chi connectivity index (χ0v) is 17.6. The third kappa shape index (κ3) is 2.71. The Bertz CT molecular complexity index is 786. The molecule has 0 spiro atoms. The van der Waals surface area contributed by atoms with Gasteiger partial charge in [0.15, 0.2) is 11.4 Å². The van der Waals surface area contributed by atoms with Gasteiger partial charge < -0.3 is 14.9 Å². The lowest BCUT2D eigenvalue weighted by Crippen LogP contribution is -2.63. The average molecular weight is 405 g/mol. The van der Waals surface area contributed by atoms with E-state index in [4.69, 9.17) is 4.74 Å². The molecule has 2 N–H and O–H groups in total. The van der Waals surface area contributed by atoms with E-state index in [1.807, 2.05) is 6.92 Å². The first-order valence-electron chi connectivity index (χ1n) is 10.8. The van der Waals surface area contributed by atoms with Gasteiger partial charge in [0, 0.05) is 18.8 Å². The van der Waals surface area contributed by atoms with Gasteiger partial charge in [0.2, 0.25) is 5.78 Å². The summed E-state index contributed by atoms with van der Waals surface area (Å²) in [6.45, 7) is 4.76. The maximum atomic E-state index is 12.9. The second-order valence-electron chi connectivity index (χ2n) is 10.1. The van der Waals surface area contributed by atoms with Crippen LogP contribution in [0, 0.1) is 28.6 Å². The highest BCUT2D eigenvalue weighted by Gasteiger charge is 2.70. The number of carbonyl (C=O) groups is 3. The summed E-state index contributed by atoms with van der Waals surface area (Å²) in [5, 5.41) is 21.0. The summed E-state index contributed by atoms with van der Waals surface area (Å²) >= 11 is 0. The minimum absolute atomic E-state index is 0.0334. The molecule has 6 nitrogen and oxygen atoms in total. The lowest BCUT2D eigenvalue weighted by atomic mass is 9.45. The number of ketones is 2. The molecular formula is C23H32O6. The van der Waals surface area contributed by atoms with Crippen molar-refractivity contribution in [2.45, 2.75) is 77.4 Å². The number of Topliss-reactive ketones (excluding diaryl/α,β-unsaturated/α-hetero) is 1. The van der Waals surface area contributed by atoms with E-state index in [0.717, 1.165) is 31.3 Å². The lowest BCUT2D eigenvalue weighted by molar-refractivity contribution is -0.200. The number of esters is 1. The van der Waals surface area contributed by atoms with Gasteiger partial charge in [-0.25, -0.2) is 0 Å². The highest BCUT2D eigenvalue weighted by atomic mass is 16.6. The van der Waals surface area contributed by atoms with Crippen LogP contribution >= 0.6 is 0 Å². The molecular weight excluding hydrogens is 372 g/mol. The Morgan fingerprint density at radius 2 is 1.93 bits per heavy atom. The topological polar surface area (TPSA) is 101 Å². The fourth-order valence-electron chi connectivity index (χ4n) is 7.73. The van der Waals surface area contributed by atoms with Crippen molar-refractivity contribution in [1.29, 1.82) is 0 Å². The van der Waals surface area contributed by atoms with Gasteiger partial charge in [-0.3, -0.25) is 14.4 Å². The highest BCUT2D eigenvalue weighted by Crippen LogP contribution is 2.68. The molecule has 29 heavy (non-hydrogen) atoms. The van der Waals surface area contributed by atoms with Gasteiger partial charge in [-0.2, -0.15) is 0 Å². The summed E-state index contributed by atoms with van der Waals surface area (Å²) in [5.41, 5.74) is -1.12. The first-order valence-corrected chi connectivity index (χ1v) is 10.8. The molecule has 7 atom stereocenters. The van der Waals surface area contributed by atoms with Crippen LogP contribution < -0.4 is 0 Å². The largest absolute Gasteiger partial charge is 0.451 e. The van der Waals surface area contributed by atoms with Crippen LogP contribution in [0.1, 0.15) is 65.7 Å². The summed E-state index contributed by atoms with van der Waals surface area (Å²) in [6, 6.07) is 0. The fourth-order valence-corrected chi connectivity index (χ4v) is 7.73. The lowest BCUT2D eigenvalue weighted by Gasteiger charge is -2.60. The normalized spacial score (nSPS) is 46.2. The molecule has 0 aromatic heterocycles. The van der Waals surface area contributed by atoms with E-state index in [2.05, 4.69) is 6.92 Å². The van der Waals surface area contributed by atoms with Crippen molar-refractivity contribution >= 4 is 17.5 Å². The Labute approximate surface area is 171 Å². The van der Waals surface area contributed by atoms with E-state index in [1.54, 1.807) is 6.08 Å². The summed E-state index contributed by atoms with van der Waals surface area (Å²) in [4.78, 5) is 36.8. The molecule has 3 saturated carbocycles. The number of aliphatic hydroxyl groups is 2. The molecule has 4 aliphatic rings. The zero-order valence-electron chi connectivity index (χ0n) is 17.6. The Morgan fingerprint density at radius 1 is 1.21 bits per heavy atom. The van der Waals surface area contributed by atoms with E-state index in [9.17, 15) is 24.6 Å². The predicted octanol–water partition coefficient (Wildman–Crippen LogP) is 2.35. The Morgan fingerprint density at radius 3 is 2.59 bits per heavy atom. The second-order valence-corrected chi connectivity index (χ2v) is 10.1. The van der Waals surface area contributed by atoms with Gasteiger partial charge in [-0.15, -0.1) is 0 Å². The summed E-state index contributed by atoms with van der Waals surface area (Å²) in [7, 11) is 0. The third-order valence-corrected chi connectivity index (χ3v) is 8.93. The van der Waals surface area contributed by atoms with Crippen LogP contribution in [-0.4, -0.2) is 46.1 Å². The van der Waals surface area contributed by atoms with Crippen molar-refractivity contribution in [1.82, 2.24) is 0 Å². The van der Waals surface area contributed by atoms with E-state index in [-0.39, 0.29) is 29.0 Å². The summed E-state index contributed by atoms with van der Waals surface area (Å²) < 4.78 is 5.68. The number of carbonyl (C=O) groups excluding carboxylic acids is 3. The van der Waals surface area contributed by atoms with Crippen LogP contribution in [0.2, 0.25) is 0 Å². The van der Waals surface area contributed by atoms with Crippen molar-refractivity contribution in [2.75, 3.05) is 6.61 Å². The van der Waals surface area contributed by atoms with Crippen molar-refractivity contribution in [3.05, 3.63) is 11.6 Å². The van der Waals surface area contributed by atoms with Crippen LogP contribution in [0.25, 0.3) is 0 Å². The van der Waals surface area contributed by atoms with Gasteiger partial charge >= 0.3 is 5.97 Å². The maximum absolute atomic E-state index is 12.9. The van der Waals surface area contributed by atoms with Crippen molar-refractivity contribution in [2.24, 2.45) is 28.6 Å². The van der Waals surface area contributed by atoms with Crippen molar-refractivity contribution in [3.8, 4) is 0 Å². The molecule has 0 radical (unpaired) electrons. The van der Waals surface area contributed by atoms with Crippen molar-refractivity contribution < 1.29 is 29.3 Å². The van der Waals surface area contributed by atoms with Gasteiger partial charge in [-0.1, -0.05) is 19.4 Å². The van der Waals surface area contributed by atoms with Crippen LogP contribution in [0.3, 0.4) is 0 Å². The van der Waals surface area contributed by atoms with E-state index in [1.165, 1.54) is 6.92 Å². The number of aliphatic hydroxyl groups excluding tert-OH is 2. The number of hydrogen-bond acceptors (Lipinski definition) is 6. The minimum Gasteiger partial charge on any atom is -0.451 e. The molecule has 4 aliphatic carbocycles. The Kier molecular flexibility index (Phi) is 4.82. The molecule has 4 rings (SSSR count). The minimum atomic E-state index is -1.37. The predicted molar refractivity (Wildman–Crippen MR) is 105 cm³/mol. The van der Waals surface area contributed by atoms with Crippen LogP contribution in [0.4, 0.5) is 0 Å².